The van der Waals surface area contributed by atoms with Crippen molar-refractivity contribution in [3.8, 4) is 5.75 Å². The van der Waals surface area contributed by atoms with Gasteiger partial charge in [-0.05, 0) is 42.7 Å². The number of hydrogen-bond acceptors (Lipinski definition) is 3. The van der Waals surface area contributed by atoms with Gasteiger partial charge in [-0.25, -0.2) is 0 Å². The summed E-state index contributed by atoms with van der Waals surface area (Å²) < 4.78 is 0. The lowest BCUT2D eigenvalue weighted by Gasteiger charge is -2.14. The van der Waals surface area contributed by atoms with Crippen LogP contribution in [-0.2, 0) is 4.79 Å². The number of aliphatic imine (C=N–C) groups is 1. The van der Waals surface area contributed by atoms with Gasteiger partial charge in [0, 0.05) is 34.1 Å². The summed E-state index contributed by atoms with van der Waals surface area (Å²) >= 11 is 12.1. The number of phenols is 1. The van der Waals surface area contributed by atoms with E-state index in [0.717, 1.165) is 5.56 Å². The second kappa shape index (κ2) is 8.37. The van der Waals surface area contributed by atoms with Crippen LogP contribution in [0, 0.1) is 12.8 Å². The van der Waals surface area contributed by atoms with Crippen molar-refractivity contribution < 1.29 is 9.90 Å². The number of benzene rings is 2. The Morgan fingerprint density at radius 1 is 1.20 bits per heavy atom. The standard InChI is InChI=1S/C19H20Cl2N2O2/c1-11(7-17(22)24)10-23-18(13-3-5-14(20)6-4-13)16-9-15(21)8-12(2)19(16)25/h3-6,8-9,11,25H,7,10H2,1-2H3,(H2,22,24). The maximum Gasteiger partial charge on any atom is 0.217 e. The van der Waals surface area contributed by atoms with Crippen LogP contribution in [0.4, 0.5) is 0 Å². The molecule has 25 heavy (non-hydrogen) atoms. The normalized spacial score (nSPS) is 12.9. The summed E-state index contributed by atoms with van der Waals surface area (Å²) in [5.41, 5.74) is 7.84. The number of primary amides is 1. The van der Waals surface area contributed by atoms with Gasteiger partial charge in [0.15, 0.2) is 0 Å². The highest BCUT2D eigenvalue weighted by molar-refractivity contribution is 6.32. The average molecular weight is 379 g/mol. The Morgan fingerprint density at radius 3 is 2.44 bits per heavy atom. The van der Waals surface area contributed by atoms with E-state index in [4.69, 9.17) is 28.9 Å². The Labute approximate surface area is 157 Å². The van der Waals surface area contributed by atoms with E-state index >= 15 is 0 Å². The molecule has 0 saturated heterocycles. The summed E-state index contributed by atoms with van der Waals surface area (Å²) in [6.07, 6.45) is 0.248. The Hall–Kier alpha value is -2.04. The number of nitrogens with two attached hydrogens (primary N) is 1. The summed E-state index contributed by atoms with van der Waals surface area (Å²) in [6, 6.07) is 10.5. The first-order valence-corrected chi connectivity index (χ1v) is 8.61. The minimum atomic E-state index is -0.364. The fourth-order valence-electron chi connectivity index (χ4n) is 2.51. The Morgan fingerprint density at radius 2 is 1.84 bits per heavy atom. The quantitative estimate of drug-likeness (QED) is 0.732. The molecule has 1 atom stereocenters. The van der Waals surface area contributed by atoms with Crippen molar-refractivity contribution in [3.63, 3.8) is 0 Å². The third kappa shape index (κ3) is 5.21. The van der Waals surface area contributed by atoms with Crippen LogP contribution in [0.1, 0.15) is 30.0 Å². The first kappa shape index (κ1) is 19.3. The molecule has 0 aromatic heterocycles. The summed E-state index contributed by atoms with van der Waals surface area (Å²) in [7, 11) is 0. The first-order chi connectivity index (χ1) is 11.8. The number of aromatic hydroxyl groups is 1. The van der Waals surface area contributed by atoms with E-state index in [0.29, 0.717) is 33.4 Å². The van der Waals surface area contributed by atoms with Gasteiger partial charge in [0.1, 0.15) is 5.75 Å². The van der Waals surface area contributed by atoms with Crippen LogP contribution >= 0.6 is 23.2 Å². The van der Waals surface area contributed by atoms with Gasteiger partial charge in [-0.3, -0.25) is 9.79 Å². The molecule has 2 aromatic rings. The molecule has 0 aliphatic heterocycles. The molecule has 6 heteroatoms. The lowest BCUT2D eigenvalue weighted by Crippen LogP contribution is -2.17. The molecule has 2 rings (SSSR count). The van der Waals surface area contributed by atoms with Crippen LogP contribution < -0.4 is 5.73 Å². The SMILES string of the molecule is Cc1cc(Cl)cc(C(=NCC(C)CC(N)=O)c2ccc(Cl)cc2)c1O. The maximum atomic E-state index is 11.1. The van der Waals surface area contributed by atoms with E-state index in [2.05, 4.69) is 4.99 Å². The maximum absolute atomic E-state index is 11.1. The zero-order valence-electron chi connectivity index (χ0n) is 14.1. The van der Waals surface area contributed by atoms with E-state index in [1.165, 1.54) is 0 Å². The second-order valence-electron chi connectivity index (χ2n) is 6.09. The molecular formula is C19H20Cl2N2O2. The second-order valence-corrected chi connectivity index (χ2v) is 6.96. The minimum Gasteiger partial charge on any atom is -0.507 e. The van der Waals surface area contributed by atoms with Gasteiger partial charge in [-0.2, -0.15) is 0 Å². The zero-order valence-corrected chi connectivity index (χ0v) is 15.6. The number of phenolic OH excluding ortho intramolecular Hbond substituents is 1. The molecule has 1 amide bonds. The number of carbonyl (C=O) groups excluding carboxylic acids is 1. The Kier molecular flexibility index (Phi) is 6.45. The third-order valence-electron chi connectivity index (χ3n) is 3.75. The van der Waals surface area contributed by atoms with E-state index < -0.39 is 0 Å². The Bertz CT molecular complexity index is 802. The van der Waals surface area contributed by atoms with E-state index in [1.54, 1.807) is 31.2 Å². The molecule has 4 nitrogen and oxygen atoms in total. The number of aryl methyl sites for hydroxylation is 1. The van der Waals surface area contributed by atoms with Crippen molar-refractivity contribution in [3.05, 3.63) is 63.1 Å². The fraction of sp³-hybridized carbons (Fsp3) is 0.263. The van der Waals surface area contributed by atoms with Crippen molar-refractivity contribution in [2.24, 2.45) is 16.6 Å². The molecule has 2 aromatic carbocycles. The molecule has 0 heterocycles. The number of rotatable bonds is 6. The molecule has 0 fully saturated rings. The minimum absolute atomic E-state index is 0.0118. The number of amides is 1. The van der Waals surface area contributed by atoms with E-state index in [9.17, 15) is 9.90 Å². The van der Waals surface area contributed by atoms with Crippen LogP contribution in [0.25, 0.3) is 0 Å². The van der Waals surface area contributed by atoms with Gasteiger partial charge in [0.25, 0.3) is 0 Å². The molecule has 3 N–H and O–H groups in total. The molecule has 0 saturated carbocycles. The van der Waals surface area contributed by atoms with Gasteiger partial charge in [-0.15, -0.1) is 0 Å². The molecule has 132 valence electrons. The molecule has 0 aliphatic rings. The smallest absolute Gasteiger partial charge is 0.217 e. The van der Waals surface area contributed by atoms with Gasteiger partial charge < -0.3 is 10.8 Å². The summed E-state index contributed by atoms with van der Waals surface area (Å²) in [4.78, 5) is 15.7. The van der Waals surface area contributed by atoms with Gasteiger partial charge >= 0.3 is 0 Å². The van der Waals surface area contributed by atoms with Crippen LogP contribution in [0.2, 0.25) is 10.0 Å². The van der Waals surface area contributed by atoms with Gasteiger partial charge in [0.2, 0.25) is 5.91 Å². The highest BCUT2D eigenvalue weighted by atomic mass is 35.5. The topological polar surface area (TPSA) is 75.7 Å². The molecule has 0 aliphatic carbocycles. The average Bonchev–Trinajstić information content (AvgIpc) is 2.52. The van der Waals surface area contributed by atoms with Crippen molar-refractivity contribution in [1.29, 1.82) is 0 Å². The lowest BCUT2D eigenvalue weighted by molar-refractivity contribution is -0.118. The number of hydrogen-bond donors (Lipinski definition) is 2. The monoisotopic (exact) mass is 378 g/mol. The zero-order chi connectivity index (χ0) is 18.6. The van der Waals surface area contributed by atoms with Crippen LogP contribution in [-0.4, -0.2) is 23.3 Å². The van der Waals surface area contributed by atoms with Crippen LogP contribution in [0.3, 0.4) is 0 Å². The lowest BCUT2D eigenvalue weighted by atomic mass is 9.98. The summed E-state index contributed by atoms with van der Waals surface area (Å²) in [5, 5.41) is 11.6. The van der Waals surface area contributed by atoms with Crippen molar-refractivity contribution in [2.75, 3.05) is 6.54 Å². The fourth-order valence-corrected chi connectivity index (χ4v) is 2.91. The van der Waals surface area contributed by atoms with E-state index in [1.807, 2.05) is 19.1 Å². The molecule has 0 spiro atoms. The molecule has 0 bridgehead atoms. The highest BCUT2D eigenvalue weighted by Crippen LogP contribution is 2.29. The van der Waals surface area contributed by atoms with Gasteiger partial charge in [-0.1, -0.05) is 42.3 Å². The van der Waals surface area contributed by atoms with Crippen molar-refractivity contribution in [1.82, 2.24) is 0 Å². The van der Waals surface area contributed by atoms with Crippen LogP contribution in [0.5, 0.6) is 5.75 Å². The number of nitrogens with zero attached hydrogens (tertiary/aromatic N) is 1. The number of halogens is 2. The summed E-state index contributed by atoms with van der Waals surface area (Å²) in [5.74, 6) is -0.250. The third-order valence-corrected chi connectivity index (χ3v) is 4.22. The van der Waals surface area contributed by atoms with Crippen molar-refractivity contribution in [2.45, 2.75) is 20.3 Å². The molecular weight excluding hydrogens is 359 g/mol. The largest absolute Gasteiger partial charge is 0.507 e. The van der Waals surface area contributed by atoms with Crippen LogP contribution in [0.15, 0.2) is 41.4 Å². The number of carbonyl (C=O) groups is 1. The predicted octanol–water partition coefficient (Wildman–Crippen LogP) is 4.36. The van der Waals surface area contributed by atoms with Gasteiger partial charge in [0.05, 0.1) is 5.71 Å². The first-order valence-electron chi connectivity index (χ1n) is 7.86. The Balaban J connectivity index is 2.49. The van der Waals surface area contributed by atoms with Crippen molar-refractivity contribution >= 4 is 34.8 Å². The molecule has 1 unspecified atom stereocenters. The van der Waals surface area contributed by atoms with E-state index in [-0.39, 0.29) is 24.0 Å². The summed E-state index contributed by atoms with van der Waals surface area (Å²) in [6.45, 7) is 4.07. The predicted molar refractivity (Wildman–Crippen MR) is 103 cm³/mol. The highest BCUT2D eigenvalue weighted by Gasteiger charge is 2.16. The molecule has 0 radical (unpaired) electrons.